The van der Waals surface area contributed by atoms with Crippen LogP contribution in [-0.2, 0) is 0 Å². The summed E-state index contributed by atoms with van der Waals surface area (Å²) < 4.78 is 43.3. The lowest BCUT2D eigenvalue weighted by atomic mass is 9.92. The second-order valence-corrected chi connectivity index (χ2v) is 11.8. The molecule has 3 aliphatic rings. The molecular weight excluding hydrogens is 563 g/mol. The van der Waals surface area contributed by atoms with Crippen molar-refractivity contribution in [2.75, 3.05) is 29.0 Å². The SMILES string of the molecule is NC1CCC(Nc2nc(NC3CCN(C(=O)Nc4ccc(OC(F)(F)F)cc4)CC3)c3ncn(C4CCCC4)c3n2)CC1. The van der Waals surface area contributed by atoms with Crippen LogP contribution in [0.5, 0.6) is 5.75 Å². The number of fused-ring (bicyclic) bond motifs is 1. The topological polar surface area (TPSA) is 135 Å². The highest BCUT2D eigenvalue weighted by Crippen LogP contribution is 2.34. The number of rotatable bonds is 7. The minimum absolute atomic E-state index is 0.0816. The predicted octanol–water partition coefficient (Wildman–Crippen LogP) is 5.63. The van der Waals surface area contributed by atoms with Gasteiger partial charge in [-0.15, -0.1) is 13.2 Å². The van der Waals surface area contributed by atoms with Crippen LogP contribution < -0.4 is 26.4 Å². The number of hydrogen-bond donors (Lipinski definition) is 4. The highest BCUT2D eigenvalue weighted by atomic mass is 19.4. The Kier molecular flexibility index (Phi) is 8.46. The first-order valence-electron chi connectivity index (χ1n) is 15.1. The minimum atomic E-state index is -4.77. The van der Waals surface area contributed by atoms with Gasteiger partial charge >= 0.3 is 12.4 Å². The Balaban J connectivity index is 1.10. The van der Waals surface area contributed by atoms with Crippen LogP contribution in [0.4, 0.5) is 35.4 Å². The summed E-state index contributed by atoms with van der Waals surface area (Å²) in [7, 11) is 0. The first-order valence-corrected chi connectivity index (χ1v) is 15.1. The van der Waals surface area contributed by atoms with Crippen molar-refractivity contribution in [3.05, 3.63) is 30.6 Å². The Morgan fingerprint density at radius 1 is 0.907 bits per heavy atom. The third-order valence-corrected chi connectivity index (χ3v) is 8.71. The van der Waals surface area contributed by atoms with E-state index in [2.05, 4.69) is 25.3 Å². The average molecular weight is 602 g/mol. The molecule has 2 amide bonds. The number of carbonyl (C=O) groups excluding carboxylic acids is 1. The maximum absolute atomic E-state index is 12.8. The van der Waals surface area contributed by atoms with E-state index in [1.165, 1.54) is 37.1 Å². The molecule has 3 fully saturated rings. The zero-order valence-corrected chi connectivity index (χ0v) is 23.9. The molecule has 2 saturated carbocycles. The van der Waals surface area contributed by atoms with E-state index >= 15 is 0 Å². The third kappa shape index (κ3) is 7.23. The number of piperidine rings is 1. The summed E-state index contributed by atoms with van der Waals surface area (Å²) in [5.74, 6) is 0.949. The Bertz CT molecular complexity index is 1390. The van der Waals surface area contributed by atoms with E-state index in [1.54, 1.807) is 4.90 Å². The fourth-order valence-electron chi connectivity index (χ4n) is 6.34. The van der Waals surface area contributed by atoms with Crippen LogP contribution in [0.2, 0.25) is 0 Å². The molecule has 3 aromatic rings. The molecule has 0 atom stereocenters. The van der Waals surface area contributed by atoms with Crippen molar-refractivity contribution >= 4 is 34.6 Å². The maximum atomic E-state index is 12.8. The van der Waals surface area contributed by atoms with Crippen molar-refractivity contribution in [3.63, 3.8) is 0 Å². The monoisotopic (exact) mass is 601 g/mol. The normalized spacial score (nSPS) is 22.1. The van der Waals surface area contributed by atoms with Crippen LogP contribution in [0.1, 0.15) is 70.3 Å². The molecule has 2 aliphatic carbocycles. The van der Waals surface area contributed by atoms with Crippen LogP contribution in [0.25, 0.3) is 11.2 Å². The summed E-state index contributed by atoms with van der Waals surface area (Å²) in [5, 5.41) is 9.90. The van der Waals surface area contributed by atoms with E-state index in [9.17, 15) is 18.0 Å². The molecule has 14 heteroatoms. The van der Waals surface area contributed by atoms with Gasteiger partial charge in [0.25, 0.3) is 0 Å². The quantitative estimate of drug-likeness (QED) is 0.274. The maximum Gasteiger partial charge on any atom is 0.573 e. The first-order chi connectivity index (χ1) is 20.7. The summed E-state index contributed by atoms with van der Waals surface area (Å²) in [4.78, 5) is 29.1. The van der Waals surface area contributed by atoms with Crippen LogP contribution in [0, 0.1) is 0 Å². The number of aromatic nitrogens is 4. The van der Waals surface area contributed by atoms with Crippen LogP contribution in [0.15, 0.2) is 30.6 Å². The largest absolute Gasteiger partial charge is 0.573 e. The number of benzene rings is 1. The number of nitrogens with one attached hydrogen (secondary N) is 3. The molecule has 1 aromatic carbocycles. The van der Waals surface area contributed by atoms with Gasteiger partial charge in [-0.3, -0.25) is 0 Å². The molecule has 11 nitrogen and oxygen atoms in total. The van der Waals surface area contributed by atoms with E-state index in [0.717, 1.165) is 49.7 Å². The molecule has 232 valence electrons. The van der Waals surface area contributed by atoms with E-state index in [1.807, 2.05) is 6.33 Å². The second-order valence-electron chi connectivity index (χ2n) is 11.8. The third-order valence-electron chi connectivity index (χ3n) is 8.71. The fourth-order valence-corrected chi connectivity index (χ4v) is 6.34. The summed E-state index contributed by atoms with van der Waals surface area (Å²) in [6, 6.07) is 5.81. The smallest absolute Gasteiger partial charge is 0.406 e. The number of ether oxygens (including phenoxy) is 1. The summed E-state index contributed by atoms with van der Waals surface area (Å²) in [5.41, 5.74) is 8.09. The van der Waals surface area contributed by atoms with Gasteiger partial charge in [-0.1, -0.05) is 12.8 Å². The highest BCUT2D eigenvalue weighted by Gasteiger charge is 2.31. The van der Waals surface area contributed by atoms with E-state index in [-0.39, 0.29) is 29.9 Å². The minimum Gasteiger partial charge on any atom is -0.406 e. The van der Waals surface area contributed by atoms with Crippen molar-refractivity contribution < 1.29 is 22.7 Å². The molecule has 1 aliphatic heterocycles. The van der Waals surface area contributed by atoms with Crippen molar-refractivity contribution in [2.45, 2.75) is 94.7 Å². The van der Waals surface area contributed by atoms with E-state index in [0.29, 0.717) is 49.4 Å². The number of likely N-dealkylation sites (tertiary alicyclic amines) is 1. The van der Waals surface area contributed by atoms with Crippen LogP contribution >= 0.6 is 0 Å². The van der Waals surface area contributed by atoms with Gasteiger partial charge in [0.1, 0.15) is 5.75 Å². The van der Waals surface area contributed by atoms with Gasteiger partial charge < -0.3 is 35.9 Å². The van der Waals surface area contributed by atoms with Gasteiger partial charge in [-0.25, -0.2) is 9.78 Å². The van der Waals surface area contributed by atoms with Gasteiger partial charge in [0, 0.05) is 42.9 Å². The number of nitrogens with zero attached hydrogens (tertiary/aromatic N) is 5. The van der Waals surface area contributed by atoms with Crippen molar-refractivity contribution in [1.29, 1.82) is 0 Å². The number of imidazole rings is 1. The number of anilines is 3. The lowest BCUT2D eigenvalue weighted by Crippen LogP contribution is -2.44. The predicted molar refractivity (Wildman–Crippen MR) is 157 cm³/mol. The lowest BCUT2D eigenvalue weighted by Gasteiger charge is -2.32. The Hall–Kier alpha value is -3.81. The molecule has 0 spiro atoms. The molecule has 0 bridgehead atoms. The zero-order valence-electron chi connectivity index (χ0n) is 23.9. The average Bonchev–Trinajstić information content (AvgIpc) is 3.65. The van der Waals surface area contributed by atoms with Gasteiger partial charge in [0.15, 0.2) is 17.0 Å². The second kappa shape index (κ2) is 12.4. The Morgan fingerprint density at radius 3 is 2.26 bits per heavy atom. The van der Waals surface area contributed by atoms with Crippen molar-refractivity contribution in [3.8, 4) is 5.75 Å². The molecule has 0 unspecified atom stereocenters. The molecule has 6 rings (SSSR count). The molecule has 43 heavy (non-hydrogen) atoms. The Labute approximate surface area is 247 Å². The molecule has 1 saturated heterocycles. The number of urea groups is 1. The summed E-state index contributed by atoms with van der Waals surface area (Å²) in [6.07, 6.45) is 7.10. The number of halogens is 3. The molecule has 3 heterocycles. The molecular formula is C29H38F3N9O2. The van der Waals surface area contributed by atoms with Crippen molar-refractivity contribution in [1.82, 2.24) is 24.4 Å². The summed E-state index contributed by atoms with van der Waals surface area (Å²) in [6.45, 7) is 1.02. The molecule has 0 radical (unpaired) electrons. The fraction of sp³-hybridized carbons (Fsp3) is 0.586. The van der Waals surface area contributed by atoms with Crippen molar-refractivity contribution in [2.24, 2.45) is 5.73 Å². The number of amides is 2. The first kappa shape index (κ1) is 29.3. The van der Waals surface area contributed by atoms with Gasteiger partial charge in [-0.05, 0) is 75.6 Å². The summed E-state index contributed by atoms with van der Waals surface area (Å²) >= 11 is 0. The highest BCUT2D eigenvalue weighted by molar-refractivity contribution is 5.89. The van der Waals surface area contributed by atoms with Gasteiger partial charge in [0.2, 0.25) is 5.95 Å². The lowest BCUT2D eigenvalue weighted by molar-refractivity contribution is -0.274. The number of hydrogen-bond acceptors (Lipinski definition) is 8. The number of carbonyl (C=O) groups is 1. The van der Waals surface area contributed by atoms with Gasteiger partial charge in [-0.2, -0.15) is 9.97 Å². The van der Waals surface area contributed by atoms with E-state index in [4.69, 9.17) is 20.7 Å². The van der Waals surface area contributed by atoms with Gasteiger partial charge in [0.05, 0.1) is 6.33 Å². The van der Waals surface area contributed by atoms with E-state index < -0.39 is 6.36 Å². The molecule has 2 aromatic heterocycles. The van der Waals surface area contributed by atoms with Crippen LogP contribution in [-0.4, -0.2) is 68.0 Å². The number of alkyl halides is 3. The number of nitrogens with two attached hydrogens (primary N) is 1. The standard InChI is InChI=1S/C29H38F3N9O2/c30-29(31,32)43-23-11-9-20(10-12-23)37-28(42)40-15-13-21(14-16-40)35-25-24-26(41(17-34-24)22-3-1-2-4-22)39-27(38-25)36-19-7-5-18(33)6-8-19/h9-12,17-19,21-22H,1-8,13-16,33H2,(H,37,42)(H2,35,36,38,39). The molecule has 5 N–H and O–H groups in total. The Morgan fingerprint density at radius 2 is 1.58 bits per heavy atom. The zero-order chi connectivity index (χ0) is 30.0. The van der Waals surface area contributed by atoms with Crippen LogP contribution in [0.3, 0.4) is 0 Å².